The van der Waals surface area contributed by atoms with Gasteiger partial charge in [0.1, 0.15) is 6.10 Å². The van der Waals surface area contributed by atoms with E-state index in [1.54, 1.807) is 12.4 Å². The fraction of sp³-hybridized carbons (Fsp3) is 0.500. The van der Waals surface area contributed by atoms with E-state index in [2.05, 4.69) is 10.3 Å². The van der Waals surface area contributed by atoms with Crippen molar-refractivity contribution in [2.24, 2.45) is 0 Å². The molecule has 0 radical (unpaired) electrons. The lowest BCUT2D eigenvalue weighted by molar-refractivity contribution is -0.130. The molecule has 2 atom stereocenters. The molecule has 1 amide bonds. The van der Waals surface area contributed by atoms with Crippen LogP contribution in [0.25, 0.3) is 0 Å². The van der Waals surface area contributed by atoms with Gasteiger partial charge in [0.05, 0.1) is 6.04 Å². The molecule has 1 aliphatic rings. The Kier molecular flexibility index (Phi) is 3.51. The number of pyridine rings is 1. The number of rotatable bonds is 3. The van der Waals surface area contributed by atoms with Gasteiger partial charge in [-0.15, -0.1) is 0 Å². The number of hydrogen-bond donors (Lipinski definition) is 1. The molecular weight excluding hydrogens is 204 g/mol. The van der Waals surface area contributed by atoms with E-state index in [1.807, 2.05) is 19.1 Å². The summed E-state index contributed by atoms with van der Waals surface area (Å²) in [5.74, 6) is -0.0122. The van der Waals surface area contributed by atoms with Crippen LogP contribution < -0.4 is 5.32 Å². The standard InChI is InChI=1S/C12H16N2O2/c1-9(10-4-6-13-7-5-10)14-12(15)11-3-2-8-16-11/h4-7,9,11H,2-3,8H2,1H3,(H,14,15)/t9-,11-/m1/s1. The molecule has 0 bridgehead atoms. The van der Waals surface area contributed by atoms with E-state index in [9.17, 15) is 4.79 Å². The molecule has 86 valence electrons. The van der Waals surface area contributed by atoms with Crippen LogP contribution in [0.4, 0.5) is 0 Å². The third-order valence-corrected chi connectivity index (χ3v) is 2.79. The van der Waals surface area contributed by atoms with E-state index in [0.29, 0.717) is 6.61 Å². The Morgan fingerprint density at radius 2 is 2.31 bits per heavy atom. The van der Waals surface area contributed by atoms with Crippen molar-refractivity contribution < 1.29 is 9.53 Å². The Bertz CT molecular complexity index is 347. The second kappa shape index (κ2) is 5.07. The fourth-order valence-electron chi connectivity index (χ4n) is 1.83. The molecule has 1 fully saturated rings. The molecule has 1 aromatic heterocycles. The van der Waals surface area contributed by atoms with Gasteiger partial charge in [-0.05, 0) is 37.5 Å². The number of carbonyl (C=O) groups is 1. The van der Waals surface area contributed by atoms with Crippen molar-refractivity contribution in [2.45, 2.75) is 31.9 Å². The lowest BCUT2D eigenvalue weighted by Gasteiger charge is -2.16. The van der Waals surface area contributed by atoms with E-state index in [0.717, 1.165) is 18.4 Å². The average Bonchev–Trinajstić information content (AvgIpc) is 2.83. The molecule has 2 heterocycles. The third-order valence-electron chi connectivity index (χ3n) is 2.79. The zero-order valence-electron chi connectivity index (χ0n) is 9.35. The number of carbonyl (C=O) groups excluding carboxylic acids is 1. The first-order chi connectivity index (χ1) is 7.77. The molecule has 1 N–H and O–H groups in total. The Morgan fingerprint density at radius 1 is 1.56 bits per heavy atom. The molecule has 1 aliphatic heterocycles. The van der Waals surface area contributed by atoms with E-state index < -0.39 is 0 Å². The monoisotopic (exact) mass is 220 g/mol. The van der Waals surface area contributed by atoms with Gasteiger partial charge in [-0.1, -0.05) is 0 Å². The van der Waals surface area contributed by atoms with Crippen molar-refractivity contribution in [3.63, 3.8) is 0 Å². The summed E-state index contributed by atoms with van der Waals surface area (Å²) in [5.41, 5.74) is 1.06. The molecule has 16 heavy (non-hydrogen) atoms. The summed E-state index contributed by atoms with van der Waals surface area (Å²) in [4.78, 5) is 15.7. The van der Waals surface area contributed by atoms with Gasteiger partial charge < -0.3 is 10.1 Å². The Hall–Kier alpha value is -1.42. The summed E-state index contributed by atoms with van der Waals surface area (Å²) < 4.78 is 5.33. The van der Waals surface area contributed by atoms with E-state index in [4.69, 9.17) is 4.74 Å². The maximum atomic E-state index is 11.8. The van der Waals surface area contributed by atoms with Gasteiger partial charge in [-0.3, -0.25) is 9.78 Å². The van der Waals surface area contributed by atoms with Crippen molar-refractivity contribution in [1.82, 2.24) is 10.3 Å². The van der Waals surface area contributed by atoms with Crippen LogP contribution in [0.3, 0.4) is 0 Å². The SMILES string of the molecule is C[C@@H](NC(=O)[C@H]1CCCO1)c1ccncc1. The molecule has 1 saturated heterocycles. The summed E-state index contributed by atoms with van der Waals surface area (Å²) >= 11 is 0. The maximum absolute atomic E-state index is 11.8. The number of nitrogens with one attached hydrogen (secondary N) is 1. The number of aromatic nitrogens is 1. The highest BCUT2D eigenvalue weighted by molar-refractivity contribution is 5.81. The second-order valence-electron chi connectivity index (χ2n) is 4.01. The van der Waals surface area contributed by atoms with Crippen LogP contribution in [0.5, 0.6) is 0 Å². The van der Waals surface area contributed by atoms with Crippen molar-refractivity contribution in [3.8, 4) is 0 Å². The number of amides is 1. The van der Waals surface area contributed by atoms with E-state index in [1.165, 1.54) is 0 Å². The quantitative estimate of drug-likeness (QED) is 0.838. The molecule has 4 nitrogen and oxygen atoms in total. The van der Waals surface area contributed by atoms with Crippen LogP contribution in [-0.2, 0) is 9.53 Å². The zero-order valence-corrected chi connectivity index (χ0v) is 9.35. The Labute approximate surface area is 95.0 Å². The van der Waals surface area contributed by atoms with Gasteiger partial charge in [0.25, 0.3) is 0 Å². The first kappa shape index (κ1) is 11.1. The fourth-order valence-corrected chi connectivity index (χ4v) is 1.83. The first-order valence-corrected chi connectivity index (χ1v) is 5.59. The molecule has 0 aliphatic carbocycles. The van der Waals surface area contributed by atoms with Crippen LogP contribution in [0.1, 0.15) is 31.4 Å². The molecule has 0 aromatic carbocycles. The summed E-state index contributed by atoms with van der Waals surface area (Å²) in [6.07, 6.45) is 4.99. The molecule has 1 aromatic rings. The third kappa shape index (κ3) is 2.58. The van der Waals surface area contributed by atoms with Gasteiger partial charge in [-0.2, -0.15) is 0 Å². The van der Waals surface area contributed by atoms with Gasteiger partial charge in [0.15, 0.2) is 0 Å². The molecule has 2 rings (SSSR count). The maximum Gasteiger partial charge on any atom is 0.249 e. The van der Waals surface area contributed by atoms with E-state index >= 15 is 0 Å². The number of ether oxygens (including phenoxy) is 1. The highest BCUT2D eigenvalue weighted by atomic mass is 16.5. The van der Waals surface area contributed by atoms with Crippen LogP contribution in [0.15, 0.2) is 24.5 Å². The van der Waals surface area contributed by atoms with Crippen molar-refractivity contribution in [3.05, 3.63) is 30.1 Å². The smallest absolute Gasteiger partial charge is 0.249 e. The van der Waals surface area contributed by atoms with Gasteiger partial charge in [-0.25, -0.2) is 0 Å². The molecule has 0 saturated carbocycles. The van der Waals surface area contributed by atoms with Crippen molar-refractivity contribution in [1.29, 1.82) is 0 Å². The average molecular weight is 220 g/mol. The predicted octanol–water partition coefficient (Wildman–Crippen LogP) is 1.44. The predicted molar refractivity (Wildman–Crippen MR) is 59.8 cm³/mol. The second-order valence-corrected chi connectivity index (χ2v) is 4.01. The van der Waals surface area contributed by atoms with Crippen LogP contribution in [-0.4, -0.2) is 23.6 Å². The summed E-state index contributed by atoms with van der Waals surface area (Å²) in [6.45, 7) is 2.66. The van der Waals surface area contributed by atoms with Gasteiger partial charge >= 0.3 is 0 Å². The Balaban J connectivity index is 1.92. The Morgan fingerprint density at radius 3 is 2.94 bits per heavy atom. The minimum Gasteiger partial charge on any atom is -0.368 e. The van der Waals surface area contributed by atoms with Crippen LogP contribution >= 0.6 is 0 Å². The largest absolute Gasteiger partial charge is 0.368 e. The zero-order chi connectivity index (χ0) is 11.4. The number of hydrogen-bond acceptors (Lipinski definition) is 3. The van der Waals surface area contributed by atoms with Gasteiger partial charge in [0, 0.05) is 19.0 Å². The lowest BCUT2D eigenvalue weighted by Crippen LogP contribution is -2.35. The first-order valence-electron chi connectivity index (χ1n) is 5.59. The molecular formula is C12H16N2O2. The topological polar surface area (TPSA) is 51.2 Å². The molecule has 0 unspecified atom stereocenters. The summed E-state index contributed by atoms with van der Waals surface area (Å²) in [5, 5.41) is 2.95. The van der Waals surface area contributed by atoms with E-state index in [-0.39, 0.29) is 18.1 Å². The van der Waals surface area contributed by atoms with Crippen LogP contribution in [0, 0.1) is 0 Å². The van der Waals surface area contributed by atoms with Crippen LogP contribution in [0.2, 0.25) is 0 Å². The minimum atomic E-state index is -0.260. The highest BCUT2D eigenvalue weighted by Crippen LogP contribution is 2.15. The normalized spacial score (nSPS) is 21.7. The minimum absolute atomic E-state index is 0.000278. The van der Waals surface area contributed by atoms with Crippen molar-refractivity contribution >= 4 is 5.91 Å². The highest BCUT2D eigenvalue weighted by Gasteiger charge is 2.24. The number of nitrogens with zero attached hydrogens (tertiary/aromatic N) is 1. The summed E-state index contributed by atoms with van der Waals surface area (Å²) in [6, 6.07) is 3.81. The van der Waals surface area contributed by atoms with Crippen molar-refractivity contribution in [2.75, 3.05) is 6.61 Å². The molecule has 0 spiro atoms. The molecule has 4 heteroatoms. The lowest BCUT2D eigenvalue weighted by atomic mass is 10.1. The summed E-state index contributed by atoms with van der Waals surface area (Å²) in [7, 11) is 0. The van der Waals surface area contributed by atoms with Gasteiger partial charge in [0.2, 0.25) is 5.91 Å².